The molecule has 2 aromatic carbocycles. The summed E-state index contributed by atoms with van der Waals surface area (Å²) in [5.41, 5.74) is 1.25. The molecule has 0 aromatic heterocycles. The van der Waals surface area contributed by atoms with Crippen LogP contribution in [0.1, 0.15) is 5.56 Å². The molecular formula is C17H19IOSi. The predicted molar refractivity (Wildman–Crippen MR) is 97.9 cm³/mol. The van der Waals surface area contributed by atoms with Crippen molar-refractivity contribution in [2.24, 2.45) is 0 Å². The maximum absolute atomic E-state index is 6.17. The summed E-state index contributed by atoms with van der Waals surface area (Å²) in [6.45, 7) is 5.15. The molecule has 20 heavy (non-hydrogen) atoms. The average molecular weight is 394 g/mol. The topological polar surface area (TPSA) is 9.23 Å². The Morgan fingerprint density at radius 3 is 2.15 bits per heavy atom. The zero-order valence-electron chi connectivity index (χ0n) is 11.8. The summed E-state index contributed by atoms with van der Waals surface area (Å²) in [5, 5.41) is 1.34. The third kappa shape index (κ3) is 4.29. The van der Waals surface area contributed by atoms with Gasteiger partial charge >= 0.3 is 0 Å². The summed E-state index contributed by atoms with van der Waals surface area (Å²) in [6.07, 6.45) is 2.16. The molecule has 0 radical (unpaired) electrons. The van der Waals surface area contributed by atoms with Crippen LogP contribution in [0.5, 0.6) is 0 Å². The van der Waals surface area contributed by atoms with Gasteiger partial charge in [0.2, 0.25) is 8.32 Å². The van der Waals surface area contributed by atoms with E-state index in [4.69, 9.17) is 4.43 Å². The van der Waals surface area contributed by atoms with Crippen molar-refractivity contribution in [2.75, 3.05) is 6.61 Å². The van der Waals surface area contributed by atoms with Gasteiger partial charge in [-0.15, -0.1) is 0 Å². The van der Waals surface area contributed by atoms with Crippen LogP contribution in [0.3, 0.4) is 0 Å². The highest BCUT2D eigenvalue weighted by molar-refractivity contribution is 14.1. The molecule has 0 saturated carbocycles. The molecule has 0 N–H and O–H groups in total. The van der Waals surface area contributed by atoms with Gasteiger partial charge in [0.05, 0.1) is 6.61 Å². The van der Waals surface area contributed by atoms with E-state index in [9.17, 15) is 0 Å². The van der Waals surface area contributed by atoms with Gasteiger partial charge in [0.25, 0.3) is 0 Å². The third-order valence-corrected chi connectivity index (χ3v) is 6.90. The quantitative estimate of drug-likeness (QED) is 0.533. The van der Waals surface area contributed by atoms with Crippen LogP contribution in [0, 0.1) is 0 Å². The Hall–Kier alpha value is -0.913. The van der Waals surface area contributed by atoms with Crippen molar-refractivity contribution in [2.45, 2.75) is 13.1 Å². The lowest BCUT2D eigenvalue weighted by molar-refractivity contribution is 0.363. The van der Waals surface area contributed by atoms with E-state index < -0.39 is 8.32 Å². The summed E-state index contributed by atoms with van der Waals surface area (Å²) >= 11 is 2.37. The van der Waals surface area contributed by atoms with Gasteiger partial charge < -0.3 is 4.43 Å². The summed E-state index contributed by atoms with van der Waals surface area (Å²) in [7, 11) is -1.80. The van der Waals surface area contributed by atoms with Gasteiger partial charge in [-0.2, -0.15) is 0 Å². The molecule has 0 heterocycles. The first-order chi connectivity index (χ1) is 9.59. The summed E-state index contributed by atoms with van der Waals surface area (Å²) < 4.78 is 7.40. The van der Waals surface area contributed by atoms with Crippen LogP contribution in [0.25, 0.3) is 3.58 Å². The molecule has 0 aliphatic carbocycles. The highest BCUT2D eigenvalue weighted by atomic mass is 127. The maximum atomic E-state index is 6.17. The molecule has 0 amide bonds. The van der Waals surface area contributed by atoms with Gasteiger partial charge in [0.1, 0.15) is 0 Å². The van der Waals surface area contributed by atoms with Gasteiger partial charge in [0.15, 0.2) is 0 Å². The Bertz CT molecular complexity index is 564. The standard InChI is InChI=1S/C17H19IOSi/c1-20(2,16-11-7-4-8-12-16)19-14-13-17(18)15-9-5-3-6-10-15/h3-13H,14H2,1-2H3/b17-13-. The van der Waals surface area contributed by atoms with Crippen molar-refractivity contribution in [1.82, 2.24) is 0 Å². The molecule has 2 aromatic rings. The van der Waals surface area contributed by atoms with E-state index in [1.165, 1.54) is 14.3 Å². The molecule has 0 fully saturated rings. The van der Waals surface area contributed by atoms with E-state index in [-0.39, 0.29) is 0 Å². The minimum atomic E-state index is -1.80. The van der Waals surface area contributed by atoms with E-state index in [0.29, 0.717) is 6.61 Å². The van der Waals surface area contributed by atoms with E-state index in [2.05, 4.69) is 90.3 Å². The smallest absolute Gasteiger partial charge is 0.218 e. The van der Waals surface area contributed by atoms with Crippen molar-refractivity contribution in [1.29, 1.82) is 0 Å². The van der Waals surface area contributed by atoms with E-state index >= 15 is 0 Å². The monoisotopic (exact) mass is 394 g/mol. The van der Waals surface area contributed by atoms with Crippen LogP contribution in [0.15, 0.2) is 66.7 Å². The number of hydrogen-bond donors (Lipinski definition) is 0. The summed E-state index contributed by atoms with van der Waals surface area (Å²) in [4.78, 5) is 0. The average Bonchev–Trinajstić information content (AvgIpc) is 2.49. The van der Waals surface area contributed by atoms with Crippen molar-refractivity contribution in [3.05, 3.63) is 72.3 Å². The lowest BCUT2D eigenvalue weighted by Gasteiger charge is -2.22. The Morgan fingerprint density at radius 2 is 1.55 bits per heavy atom. The lowest BCUT2D eigenvalue weighted by Crippen LogP contribution is -2.44. The van der Waals surface area contributed by atoms with Gasteiger partial charge in [-0.05, 0) is 52.5 Å². The fourth-order valence-electron chi connectivity index (χ4n) is 1.96. The van der Waals surface area contributed by atoms with Gasteiger partial charge in [0, 0.05) is 3.58 Å². The lowest BCUT2D eigenvalue weighted by atomic mass is 10.2. The van der Waals surface area contributed by atoms with Crippen LogP contribution in [0.2, 0.25) is 13.1 Å². The SMILES string of the molecule is C[Si](C)(OC/C=C(\I)c1ccccc1)c1ccccc1. The second-order valence-corrected chi connectivity index (χ2v) is 10.2. The Kier molecular flexibility index (Phi) is 5.57. The summed E-state index contributed by atoms with van der Waals surface area (Å²) in [5.74, 6) is 0. The van der Waals surface area contributed by atoms with Crippen LogP contribution in [-0.2, 0) is 4.43 Å². The molecule has 0 aliphatic heterocycles. The Morgan fingerprint density at radius 1 is 1.00 bits per heavy atom. The zero-order valence-corrected chi connectivity index (χ0v) is 15.0. The number of hydrogen-bond acceptors (Lipinski definition) is 1. The second-order valence-electron chi connectivity index (χ2n) is 5.11. The molecule has 0 atom stereocenters. The molecule has 0 bridgehead atoms. The summed E-state index contributed by atoms with van der Waals surface area (Å²) in [6, 6.07) is 20.9. The number of rotatable bonds is 5. The van der Waals surface area contributed by atoms with E-state index in [1.54, 1.807) is 0 Å². The van der Waals surface area contributed by atoms with Crippen molar-refractivity contribution in [3.8, 4) is 0 Å². The molecule has 0 saturated heterocycles. The third-order valence-electron chi connectivity index (χ3n) is 3.23. The molecule has 0 unspecified atom stereocenters. The molecule has 1 nitrogen and oxygen atoms in total. The first-order valence-corrected chi connectivity index (χ1v) is 10.7. The molecule has 104 valence electrons. The molecule has 2 rings (SSSR count). The maximum Gasteiger partial charge on any atom is 0.218 e. The van der Waals surface area contributed by atoms with Crippen LogP contribution >= 0.6 is 22.6 Å². The molecule has 0 aliphatic rings. The fourth-order valence-corrected chi connectivity index (χ4v) is 4.16. The van der Waals surface area contributed by atoms with Gasteiger partial charge in [-0.1, -0.05) is 60.7 Å². The van der Waals surface area contributed by atoms with Crippen LogP contribution in [-0.4, -0.2) is 14.9 Å². The fraction of sp³-hybridized carbons (Fsp3) is 0.176. The molecule has 3 heteroatoms. The number of halogens is 1. The predicted octanol–water partition coefficient (Wildman–Crippen LogP) is 4.59. The Balaban J connectivity index is 1.99. The second kappa shape index (κ2) is 7.20. The van der Waals surface area contributed by atoms with Gasteiger partial charge in [-0.3, -0.25) is 0 Å². The largest absolute Gasteiger partial charge is 0.409 e. The normalized spacial score (nSPS) is 12.4. The van der Waals surface area contributed by atoms with Crippen LogP contribution in [0.4, 0.5) is 0 Å². The first-order valence-electron chi connectivity index (χ1n) is 6.70. The minimum Gasteiger partial charge on any atom is -0.409 e. The highest BCUT2D eigenvalue weighted by Gasteiger charge is 2.24. The van der Waals surface area contributed by atoms with E-state index in [0.717, 1.165) is 0 Å². The van der Waals surface area contributed by atoms with E-state index in [1.807, 2.05) is 12.1 Å². The number of benzene rings is 2. The first kappa shape index (κ1) is 15.5. The molecule has 0 spiro atoms. The minimum absolute atomic E-state index is 0.668. The van der Waals surface area contributed by atoms with Crippen molar-refractivity contribution >= 4 is 39.7 Å². The highest BCUT2D eigenvalue weighted by Crippen LogP contribution is 2.21. The van der Waals surface area contributed by atoms with Crippen LogP contribution < -0.4 is 5.19 Å². The van der Waals surface area contributed by atoms with Crippen molar-refractivity contribution < 1.29 is 4.43 Å². The van der Waals surface area contributed by atoms with Crippen molar-refractivity contribution in [3.63, 3.8) is 0 Å². The van der Waals surface area contributed by atoms with Gasteiger partial charge in [-0.25, -0.2) is 0 Å². The Labute approximate surface area is 136 Å². The molecular weight excluding hydrogens is 375 g/mol. The zero-order chi connectivity index (χ0) is 14.4.